The fourth-order valence-electron chi connectivity index (χ4n) is 2.78. The van der Waals surface area contributed by atoms with Crippen LogP contribution in [0.2, 0.25) is 0 Å². The lowest BCUT2D eigenvalue weighted by atomic mass is 9.82. The van der Waals surface area contributed by atoms with Crippen LogP contribution in [0.25, 0.3) is 0 Å². The largest absolute Gasteiger partial charge is 0.550 e. The van der Waals surface area contributed by atoms with Crippen molar-refractivity contribution >= 4 is 11.9 Å². The molecule has 0 unspecified atom stereocenters. The first-order chi connectivity index (χ1) is 9.15. The minimum absolute atomic E-state index is 0.234. The molecule has 0 aromatic heterocycles. The lowest BCUT2D eigenvalue weighted by Crippen LogP contribution is -2.47. The fraction of sp³-hybridized carbons (Fsp3) is 0.714. The van der Waals surface area contributed by atoms with E-state index in [9.17, 15) is 14.7 Å². The average Bonchev–Trinajstić information content (AvgIpc) is 2.98. The number of carbonyl (C=O) groups excluding carboxylic acids is 2. The van der Waals surface area contributed by atoms with Gasteiger partial charge in [0, 0.05) is 18.4 Å². The van der Waals surface area contributed by atoms with Crippen molar-refractivity contribution in [2.45, 2.75) is 44.8 Å². The van der Waals surface area contributed by atoms with Gasteiger partial charge in [-0.15, -0.1) is 0 Å². The molecule has 2 aliphatic heterocycles. The number of unbranched alkanes of at least 4 members (excludes halogenated alkanes) is 3. The fourth-order valence-corrected chi connectivity index (χ4v) is 2.78. The van der Waals surface area contributed by atoms with Crippen molar-refractivity contribution < 1.29 is 19.4 Å². The van der Waals surface area contributed by atoms with Crippen molar-refractivity contribution in [3.63, 3.8) is 0 Å². The zero-order chi connectivity index (χ0) is 13.8. The van der Waals surface area contributed by atoms with Crippen LogP contribution in [0.3, 0.4) is 0 Å². The molecule has 5 heteroatoms. The second kappa shape index (κ2) is 6.19. The molecule has 0 aromatic rings. The molecule has 1 N–H and O–H groups in total. The molecule has 1 amide bonds. The summed E-state index contributed by atoms with van der Waals surface area (Å²) in [4.78, 5) is 23.2. The highest BCUT2D eigenvalue weighted by Crippen LogP contribution is 2.38. The third kappa shape index (κ3) is 2.97. The van der Waals surface area contributed by atoms with Crippen molar-refractivity contribution in [2.24, 2.45) is 11.8 Å². The highest BCUT2D eigenvalue weighted by molar-refractivity contribution is 5.86. The molecule has 2 heterocycles. The maximum Gasteiger partial charge on any atom is 0.226 e. The molecule has 19 heavy (non-hydrogen) atoms. The number of hydrogen-bond acceptors (Lipinski definition) is 4. The molecule has 0 spiro atoms. The Kier molecular flexibility index (Phi) is 4.58. The van der Waals surface area contributed by atoms with Gasteiger partial charge < -0.3 is 20.0 Å². The van der Waals surface area contributed by atoms with E-state index in [0.29, 0.717) is 6.54 Å². The van der Waals surface area contributed by atoms with Crippen LogP contribution in [0.1, 0.15) is 32.6 Å². The van der Waals surface area contributed by atoms with Gasteiger partial charge in [-0.1, -0.05) is 38.3 Å². The van der Waals surface area contributed by atoms with E-state index in [2.05, 4.69) is 12.2 Å². The molecule has 0 saturated carbocycles. The standard InChI is InChI=1S/C14H21NO4/c1-2-3-4-5-8-15-13(16)11-9-6-7-10(19-9)12(11)14(17)18/h6-7,9-12H,2-5,8H2,1H3,(H,15,16)(H,17,18)/p-1/t9-,10+,11+,12-/m0/s1. The summed E-state index contributed by atoms with van der Waals surface area (Å²) < 4.78 is 5.43. The van der Waals surface area contributed by atoms with E-state index >= 15 is 0 Å². The van der Waals surface area contributed by atoms with Crippen LogP contribution in [-0.2, 0) is 14.3 Å². The van der Waals surface area contributed by atoms with E-state index in [1.807, 2.05) is 0 Å². The summed E-state index contributed by atoms with van der Waals surface area (Å²) in [7, 11) is 0. The maximum absolute atomic E-state index is 12.1. The van der Waals surface area contributed by atoms with Gasteiger partial charge in [0.05, 0.1) is 18.1 Å². The first kappa shape index (κ1) is 14.1. The molecule has 2 bridgehead atoms. The molecule has 1 fully saturated rings. The Hall–Kier alpha value is -1.36. The van der Waals surface area contributed by atoms with Crippen molar-refractivity contribution in [3.8, 4) is 0 Å². The molecule has 2 rings (SSSR count). The Bertz CT molecular complexity index is 380. The molecule has 0 aromatic carbocycles. The maximum atomic E-state index is 12.1. The van der Waals surface area contributed by atoms with Gasteiger partial charge in [0.2, 0.25) is 5.91 Å². The van der Waals surface area contributed by atoms with E-state index in [0.717, 1.165) is 25.7 Å². The van der Waals surface area contributed by atoms with Gasteiger partial charge in [-0.2, -0.15) is 0 Å². The minimum atomic E-state index is -1.21. The predicted molar refractivity (Wildman–Crippen MR) is 66.9 cm³/mol. The van der Waals surface area contributed by atoms with Crippen LogP contribution in [0.5, 0.6) is 0 Å². The van der Waals surface area contributed by atoms with E-state index in [-0.39, 0.29) is 5.91 Å². The number of nitrogens with one attached hydrogen (secondary N) is 1. The monoisotopic (exact) mass is 266 g/mol. The Morgan fingerprint density at radius 1 is 1.16 bits per heavy atom. The normalized spacial score (nSPS) is 31.6. The highest BCUT2D eigenvalue weighted by atomic mass is 16.5. The van der Waals surface area contributed by atoms with Crippen LogP contribution < -0.4 is 10.4 Å². The first-order valence-corrected chi connectivity index (χ1v) is 6.97. The van der Waals surface area contributed by atoms with Gasteiger partial charge in [0.1, 0.15) is 0 Å². The number of hydrogen-bond donors (Lipinski definition) is 1. The number of fused-ring (bicyclic) bond motifs is 2. The van der Waals surface area contributed by atoms with E-state index in [1.165, 1.54) is 0 Å². The average molecular weight is 266 g/mol. The third-order valence-corrected chi connectivity index (χ3v) is 3.80. The van der Waals surface area contributed by atoms with E-state index < -0.39 is 30.0 Å². The smallest absolute Gasteiger partial charge is 0.226 e. The number of carboxylic acid groups (broad SMARTS) is 1. The van der Waals surface area contributed by atoms with Crippen LogP contribution in [0.4, 0.5) is 0 Å². The summed E-state index contributed by atoms with van der Waals surface area (Å²) in [6, 6.07) is 0. The highest BCUT2D eigenvalue weighted by Gasteiger charge is 2.49. The summed E-state index contributed by atoms with van der Waals surface area (Å²) in [6.07, 6.45) is 6.85. The topological polar surface area (TPSA) is 78.5 Å². The predicted octanol–water partition coefficient (Wildman–Crippen LogP) is 0.00240. The molecule has 4 atom stereocenters. The Labute approximate surface area is 113 Å². The molecule has 0 aliphatic carbocycles. The van der Waals surface area contributed by atoms with Crippen molar-refractivity contribution in [2.75, 3.05) is 6.54 Å². The molecular formula is C14H20NO4-. The lowest BCUT2D eigenvalue weighted by Gasteiger charge is -2.24. The van der Waals surface area contributed by atoms with E-state index in [4.69, 9.17) is 4.74 Å². The quantitative estimate of drug-likeness (QED) is 0.520. The number of amides is 1. The van der Waals surface area contributed by atoms with Crippen molar-refractivity contribution in [3.05, 3.63) is 12.2 Å². The second-order valence-corrected chi connectivity index (χ2v) is 5.17. The first-order valence-electron chi connectivity index (χ1n) is 6.97. The lowest BCUT2D eigenvalue weighted by molar-refractivity contribution is -0.313. The zero-order valence-corrected chi connectivity index (χ0v) is 11.1. The molecule has 1 saturated heterocycles. The van der Waals surface area contributed by atoms with Gasteiger partial charge in [-0.05, 0) is 6.42 Å². The zero-order valence-electron chi connectivity index (χ0n) is 11.1. The minimum Gasteiger partial charge on any atom is -0.550 e. The molecule has 5 nitrogen and oxygen atoms in total. The summed E-state index contributed by atoms with van der Waals surface area (Å²) >= 11 is 0. The third-order valence-electron chi connectivity index (χ3n) is 3.80. The summed E-state index contributed by atoms with van der Waals surface area (Å²) in [6.45, 7) is 2.72. The van der Waals surface area contributed by atoms with Crippen LogP contribution in [0.15, 0.2) is 12.2 Å². The number of carbonyl (C=O) groups is 2. The number of aliphatic carboxylic acids is 1. The Balaban J connectivity index is 1.84. The molecular weight excluding hydrogens is 246 g/mol. The summed E-state index contributed by atoms with van der Waals surface area (Å²) in [5.41, 5.74) is 0. The van der Waals surface area contributed by atoms with Crippen LogP contribution in [-0.4, -0.2) is 30.6 Å². The molecule has 106 valence electrons. The van der Waals surface area contributed by atoms with E-state index in [1.54, 1.807) is 12.2 Å². The SMILES string of the molecule is CCCCCCNC(=O)[C@H]1[C@@H](C(=O)[O-])[C@H]2C=C[C@@H]1O2. The molecule has 0 radical (unpaired) electrons. The van der Waals surface area contributed by atoms with Crippen molar-refractivity contribution in [1.29, 1.82) is 0 Å². The number of ether oxygens (including phenoxy) is 1. The second-order valence-electron chi connectivity index (χ2n) is 5.17. The van der Waals surface area contributed by atoms with Crippen LogP contribution >= 0.6 is 0 Å². The Morgan fingerprint density at radius 2 is 1.84 bits per heavy atom. The number of carboxylic acids is 1. The summed E-state index contributed by atoms with van der Waals surface area (Å²) in [5.74, 6) is -2.94. The van der Waals surface area contributed by atoms with Crippen molar-refractivity contribution in [1.82, 2.24) is 5.32 Å². The van der Waals surface area contributed by atoms with Gasteiger partial charge in [0.25, 0.3) is 0 Å². The van der Waals surface area contributed by atoms with Gasteiger partial charge >= 0.3 is 0 Å². The van der Waals surface area contributed by atoms with Crippen LogP contribution in [0, 0.1) is 11.8 Å². The Morgan fingerprint density at radius 3 is 2.47 bits per heavy atom. The van der Waals surface area contributed by atoms with Gasteiger partial charge in [-0.25, -0.2) is 0 Å². The summed E-state index contributed by atoms with van der Waals surface area (Å²) in [5, 5.41) is 13.9. The molecule has 2 aliphatic rings. The van der Waals surface area contributed by atoms with Gasteiger partial charge in [-0.3, -0.25) is 4.79 Å². The van der Waals surface area contributed by atoms with Gasteiger partial charge in [0.15, 0.2) is 0 Å². The number of rotatable bonds is 7.